The molecule has 0 aliphatic carbocycles. The maximum absolute atomic E-state index is 12.3. The molecule has 0 aromatic rings. The van der Waals surface area contributed by atoms with Crippen molar-refractivity contribution >= 4 is 12.0 Å². The summed E-state index contributed by atoms with van der Waals surface area (Å²) in [5.74, 6) is -0.678. The highest BCUT2D eigenvalue weighted by Gasteiger charge is 2.33. The number of aliphatic carboxylic acids is 1. The average Bonchev–Trinajstić information content (AvgIpc) is 2.87. The van der Waals surface area contributed by atoms with Crippen LogP contribution in [0.4, 0.5) is 4.79 Å². The highest BCUT2D eigenvalue weighted by atomic mass is 16.5. The van der Waals surface area contributed by atoms with Crippen LogP contribution in [0, 0.1) is 5.92 Å². The fraction of sp³-hybridized carbons (Fsp3) is 0.833. The molecule has 0 spiro atoms. The fourth-order valence-electron chi connectivity index (χ4n) is 2.60. The summed E-state index contributed by atoms with van der Waals surface area (Å²) in [7, 11) is 0. The van der Waals surface area contributed by atoms with E-state index in [0.29, 0.717) is 32.0 Å². The number of carboxylic acids is 1. The van der Waals surface area contributed by atoms with Gasteiger partial charge in [0.25, 0.3) is 0 Å². The lowest BCUT2D eigenvalue weighted by Crippen LogP contribution is -2.52. The maximum Gasteiger partial charge on any atom is 0.334 e. The van der Waals surface area contributed by atoms with E-state index in [-0.39, 0.29) is 25.8 Å². The molecule has 2 unspecified atom stereocenters. The van der Waals surface area contributed by atoms with Crippen molar-refractivity contribution in [3.63, 3.8) is 0 Å². The molecule has 0 saturated carbocycles. The number of aliphatic hydroxyl groups excluding tert-OH is 1. The molecule has 0 radical (unpaired) electrons. The Morgan fingerprint density at radius 1 is 1.21 bits per heavy atom. The van der Waals surface area contributed by atoms with E-state index in [1.165, 1.54) is 0 Å². The molecule has 0 bridgehead atoms. The molecule has 0 aromatic carbocycles. The van der Waals surface area contributed by atoms with Gasteiger partial charge in [0, 0.05) is 26.2 Å². The van der Waals surface area contributed by atoms with Crippen LogP contribution in [-0.2, 0) is 9.53 Å². The number of rotatable bonds is 3. The van der Waals surface area contributed by atoms with Gasteiger partial charge in [-0.2, -0.15) is 0 Å². The zero-order chi connectivity index (χ0) is 13.8. The molecule has 2 heterocycles. The maximum atomic E-state index is 12.3. The zero-order valence-corrected chi connectivity index (χ0v) is 10.8. The number of carboxylic acid groups (broad SMARTS) is 1. The van der Waals surface area contributed by atoms with Crippen LogP contribution in [-0.4, -0.2) is 77.5 Å². The summed E-state index contributed by atoms with van der Waals surface area (Å²) < 4.78 is 5.10. The second kappa shape index (κ2) is 6.21. The first-order valence-electron chi connectivity index (χ1n) is 6.61. The minimum absolute atomic E-state index is 0.106. The highest BCUT2D eigenvalue weighted by Crippen LogP contribution is 2.21. The summed E-state index contributed by atoms with van der Waals surface area (Å²) in [5.41, 5.74) is 0. The Hall–Kier alpha value is -1.34. The fourth-order valence-corrected chi connectivity index (χ4v) is 2.60. The predicted molar refractivity (Wildman–Crippen MR) is 65.7 cm³/mol. The third-order valence-electron chi connectivity index (χ3n) is 3.71. The molecular weight excluding hydrogens is 252 g/mol. The van der Waals surface area contributed by atoms with Crippen molar-refractivity contribution < 1.29 is 24.5 Å². The van der Waals surface area contributed by atoms with Crippen molar-refractivity contribution in [1.29, 1.82) is 0 Å². The monoisotopic (exact) mass is 272 g/mol. The summed E-state index contributed by atoms with van der Waals surface area (Å²) in [6.45, 7) is 2.27. The van der Waals surface area contributed by atoms with Gasteiger partial charge in [-0.05, 0) is 18.8 Å². The Kier molecular flexibility index (Phi) is 4.60. The van der Waals surface area contributed by atoms with Crippen molar-refractivity contribution in [3.05, 3.63) is 0 Å². The summed E-state index contributed by atoms with van der Waals surface area (Å²) in [6.07, 6.45) is 0.692. The summed E-state index contributed by atoms with van der Waals surface area (Å²) >= 11 is 0. The van der Waals surface area contributed by atoms with Crippen LogP contribution in [0.1, 0.15) is 12.8 Å². The molecule has 2 amide bonds. The summed E-state index contributed by atoms with van der Waals surface area (Å²) in [4.78, 5) is 26.4. The molecule has 19 heavy (non-hydrogen) atoms. The second-order valence-electron chi connectivity index (χ2n) is 5.04. The molecule has 0 aromatic heterocycles. The van der Waals surface area contributed by atoms with Gasteiger partial charge in [-0.3, -0.25) is 0 Å². The van der Waals surface area contributed by atoms with E-state index in [9.17, 15) is 9.59 Å². The van der Waals surface area contributed by atoms with Crippen molar-refractivity contribution in [2.75, 3.05) is 39.4 Å². The minimum Gasteiger partial charge on any atom is -0.479 e. The first-order chi connectivity index (χ1) is 9.11. The standard InChI is InChI=1S/C12H20N2O5/c15-5-2-9-1-3-13(7-9)12(18)14-4-6-19-10(8-14)11(16)17/h9-10,15H,1-8H2,(H,16,17). The second-order valence-corrected chi connectivity index (χ2v) is 5.04. The van der Waals surface area contributed by atoms with Crippen molar-refractivity contribution in [3.8, 4) is 0 Å². The Morgan fingerprint density at radius 3 is 2.63 bits per heavy atom. The molecule has 2 N–H and O–H groups in total. The molecule has 7 nitrogen and oxygen atoms in total. The lowest BCUT2D eigenvalue weighted by atomic mass is 10.1. The van der Waals surface area contributed by atoms with Crippen LogP contribution in [0.2, 0.25) is 0 Å². The summed E-state index contributed by atoms with van der Waals surface area (Å²) in [6, 6.07) is -0.116. The van der Waals surface area contributed by atoms with Crippen LogP contribution in [0.3, 0.4) is 0 Å². The number of hydrogen-bond donors (Lipinski definition) is 2. The molecular formula is C12H20N2O5. The van der Waals surface area contributed by atoms with Crippen molar-refractivity contribution in [1.82, 2.24) is 9.80 Å². The number of urea groups is 1. The van der Waals surface area contributed by atoms with Crippen LogP contribution in [0.5, 0.6) is 0 Å². The van der Waals surface area contributed by atoms with E-state index in [2.05, 4.69) is 0 Å². The van der Waals surface area contributed by atoms with Gasteiger partial charge in [-0.1, -0.05) is 0 Å². The Balaban J connectivity index is 1.87. The molecule has 108 valence electrons. The number of ether oxygens (including phenoxy) is 1. The number of carbonyl (C=O) groups is 2. The average molecular weight is 272 g/mol. The third kappa shape index (κ3) is 3.36. The largest absolute Gasteiger partial charge is 0.479 e. The van der Waals surface area contributed by atoms with Gasteiger partial charge in [-0.15, -0.1) is 0 Å². The van der Waals surface area contributed by atoms with E-state index in [1.54, 1.807) is 9.80 Å². The van der Waals surface area contributed by atoms with E-state index in [1.807, 2.05) is 0 Å². The highest BCUT2D eigenvalue weighted by molar-refractivity contribution is 5.77. The molecule has 2 aliphatic heterocycles. The van der Waals surface area contributed by atoms with Gasteiger partial charge in [0.15, 0.2) is 6.10 Å². The first-order valence-corrected chi connectivity index (χ1v) is 6.61. The topological polar surface area (TPSA) is 90.3 Å². The quantitative estimate of drug-likeness (QED) is 0.729. The lowest BCUT2D eigenvalue weighted by molar-refractivity contribution is -0.154. The van der Waals surface area contributed by atoms with E-state index in [4.69, 9.17) is 14.9 Å². The van der Waals surface area contributed by atoms with Crippen molar-refractivity contribution in [2.45, 2.75) is 18.9 Å². The number of morpholine rings is 1. The number of nitrogens with zero attached hydrogens (tertiary/aromatic N) is 2. The van der Waals surface area contributed by atoms with Gasteiger partial charge < -0.3 is 24.7 Å². The van der Waals surface area contributed by atoms with Gasteiger partial charge in [0.2, 0.25) is 0 Å². The first kappa shape index (κ1) is 14.1. The molecule has 2 saturated heterocycles. The van der Waals surface area contributed by atoms with Gasteiger partial charge in [-0.25, -0.2) is 9.59 Å². The van der Waals surface area contributed by atoms with Crippen LogP contribution < -0.4 is 0 Å². The van der Waals surface area contributed by atoms with E-state index in [0.717, 1.165) is 6.42 Å². The van der Waals surface area contributed by atoms with E-state index < -0.39 is 12.1 Å². The predicted octanol–water partition coefficient (Wildman–Crippen LogP) is -0.404. The molecule has 2 fully saturated rings. The number of carbonyl (C=O) groups excluding carboxylic acids is 1. The zero-order valence-electron chi connectivity index (χ0n) is 10.8. The smallest absolute Gasteiger partial charge is 0.334 e. The normalized spacial score (nSPS) is 27.6. The van der Waals surface area contributed by atoms with Crippen LogP contribution in [0.15, 0.2) is 0 Å². The SMILES string of the molecule is O=C(O)C1CN(C(=O)N2CCC(CCO)C2)CCO1. The Morgan fingerprint density at radius 2 is 1.95 bits per heavy atom. The number of amides is 2. The van der Waals surface area contributed by atoms with Crippen molar-refractivity contribution in [2.24, 2.45) is 5.92 Å². The Bertz CT molecular complexity index is 349. The van der Waals surface area contributed by atoms with Crippen LogP contribution >= 0.6 is 0 Å². The van der Waals surface area contributed by atoms with Crippen LogP contribution in [0.25, 0.3) is 0 Å². The lowest BCUT2D eigenvalue weighted by Gasteiger charge is -2.33. The van der Waals surface area contributed by atoms with E-state index >= 15 is 0 Å². The molecule has 7 heteroatoms. The van der Waals surface area contributed by atoms with Gasteiger partial charge >= 0.3 is 12.0 Å². The molecule has 2 rings (SSSR count). The van der Waals surface area contributed by atoms with Gasteiger partial charge in [0.1, 0.15) is 0 Å². The Labute approximate surface area is 111 Å². The third-order valence-corrected chi connectivity index (χ3v) is 3.71. The number of likely N-dealkylation sites (tertiary alicyclic amines) is 1. The summed E-state index contributed by atoms with van der Waals surface area (Å²) in [5, 5.41) is 17.8. The number of hydrogen-bond acceptors (Lipinski definition) is 4. The van der Waals surface area contributed by atoms with Gasteiger partial charge in [0.05, 0.1) is 13.2 Å². The minimum atomic E-state index is -1.03. The molecule has 2 aliphatic rings. The molecule has 2 atom stereocenters. The number of aliphatic hydroxyl groups is 1.